The number of halogens is 2. The van der Waals surface area contributed by atoms with Crippen molar-refractivity contribution in [3.05, 3.63) is 41.3 Å². The molecule has 19 heavy (non-hydrogen) atoms. The summed E-state index contributed by atoms with van der Waals surface area (Å²) < 4.78 is 39.2. The van der Waals surface area contributed by atoms with Crippen molar-refractivity contribution in [3.8, 4) is 0 Å². The summed E-state index contributed by atoms with van der Waals surface area (Å²) in [5, 5.41) is 7.13. The number of anilines is 2. The molecule has 0 radical (unpaired) electrons. The summed E-state index contributed by atoms with van der Waals surface area (Å²) >= 11 is 5.53. The molecule has 0 fully saturated rings. The van der Waals surface area contributed by atoms with Gasteiger partial charge in [0.25, 0.3) is 10.0 Å². The van der Waals surface area contributed by atoms with Gasteiger partial charge in [-0.15, -0.1) is 10.2 Å². The van der Waals surface area contributed by atoms with Crippen LogP contribution in [0.4, 0.5) is 15.9 Å². The maximum absolute atomic E-state index is 13.1. The molecular weight excluding hydrogens is 295 g/mol. The van der Waals surface area contributed by atoms with Gasteiger partial charge in [-0.25, -0.2) is 12.8 Å². The largest absolute Gasteiger partial charge is 0.398 e. The minimum atomic E-state index is -4.04. The summed E-state index contributed by atoms with van der Waals surface area (Å²) in [7, 11) is -4.04. The van der Waals surface area contributed by atoms with Crippen LogP contribution >= 0.6 is 11.6 Å². The molecule has 9 heteroatoms. The van der Waals surface area contributed by atoms with Gasteiger partial charge < -0.3 is 5.73 Å². The van der Waals surface area contributed by atoms with Crippen LogP contribution in [0, 0.1) is 5.82 Å². The highest BCUT2D eigenvalue weighted by Gasteiger charge is 2.19. The first-order valence-electron chi connectivity index (χ1n) is 4.95. The lowest BCUT2D eigenvalue weighted by molar-refractivity contribution is 0.595. The average Bonchev–Trinajstić information content (AvgIpc) is 2.35. The fourth-order valence-electron chi connectivity index (χ4n) is 1.30. The van der Waals surface area contributed by atoms with Crippen LogP contribution in [0.2, 0.25) is 5.15 Å². The number of nitrogens with zero attached hydrogens (tertiary/aromatic N) is 2. The first-order valence-corrected chi connectivity index (χ1v) is 6.82. The molecule has 1 aromatic heterocycles. The Kier molecular flexibility index (Phi) is 3.54. The zero-order chi connectivity index (χ0) is 14.0. The van der Waals surface area contributed by atoms with Crippen LogP contribution in [0.15, 0.2) is 35.2 Å². The van der Waals surface area contributed by atoms with E-state index in [2.05, 4.69) is 14.9 Å². The van der Waals surface area contributed by atoms with Crippen molar-refractivity contribution in [1.29, 1.82) is 0 Å². The minimum absolute atomic E-state index is 0.0481. The van der Waals surface area contributed by atoms with E-state index in [1.807, 2.05) is 0 Å². The van der Waals surface area contributed by atoms with Gasteiger partial charge in [0.05, 0.1) is 5.69 Å². The predicted octanol–water partition coefficient (Wildman–Crippen LogP) is 1.65. The van der Waals surface area contributed by atoms with Gasteiger partial charge in [-0.2, -0.15) is 0 Å². The van der Waals surface area contributed by atoms with Crippen molar-refractivity contribution in [2.24, 2.45) is 0 Å². The number of sulfonamides is 1. The Morgan fingerprint density at radius 3 is 2.58 bits per heavy atom. The fraction of sp³-hybridized carbons (Fsp3) is 0. The quantitative estimate of drug-likeness (QED) is 0.840. The Bertz CT molecular complexity index is 706. The van der Waals surface area contributed by atoms with Crippen LogP contribution in [0.3, 0.4) is 0 Å². The molecule has 2 rings (SSSR count). The summed E-state index contributed by atoms with van der Waals surface area (Å²) in [5.74, 6) is -0.759. The van der Waals surface area contributed by atoms with Gasteiger partial charge in [-0.1, -0.05) is 11.6 Å². The molecule has 3 N–H and O–H groups in total. The van der Waals surface area contributed by atoms with E-state index in [1.54, 1.807) is 0 Å². The summed E-state index contributed by atoms with van der Waals surface area (Å²) in [6, 6.07) is 5.73. The minimum Gasteiger partial charge on any atom is -0.398 e. The average molecular weight is 303 g/mol. The molecule has 0 unspecified atom stereocenters. The van der Waals surface area contributed by atoms with E-state index in [9.17, 15) is 12.8 Å². The van der Waals surface area contributed by atoms with Crippen LogP contribution in [0.25, 0.3) is 0 Å². The Morgan fingerprint density at radius 2 is 1.95 bits per heavy atom. The smallest absolute Gasteiger partial charge is 0.265 e. The van der Waals surface area contributed by atoms with E-state index in [4.69, 9.17) is 17.3 Å². The molecule has 0 amide bonds. The van der Waals surface area contributed by atoms with Gasteiger partial charge in [-0.3, -0.25) is 4.72 Å². The topological polar surface area (TPSA) is 98.0 Å². The molecule has 0 aliphatic rings. The lowest BCUT2D eigenvalue weighted by Gasteiger charge is -2.09. The Morgan fingerprint density at radius 1 is 1.21 bits per heavy atom. The third-order valence-electron chi connectivity index (χ3n) is 2.14. The number of rotatable bonds is 3. The van der Waals surface area contributed by atoms with Gasteiger partial charge in [-0.05, 0) is 30.3 Å². The molecule has 0 spiro atoms. The van der Waals surface area contributed by atoms with Gasteiger partial charge in [0.2, 0.25) is 0 Å². The maximum atomic E-state index is 13.1. The van der Waals surface area contributed by atoms with Crippen molar-refractivity contribution in [2.45, 2.75) is 4.90 Å². The highest BCUT2D eigenvalue weighted by atomic mass is 35.5. The first kappa shape index (κ1) is 13.5. The van der Waals surface area contributed by atoms with E-state index in [-0.39, 0.29) is 21.6 Å². The Labute approximate surface area is 113 Å². The normalized spacial score (nSPS) is 11.3. The number of nitrogens with two attached hydrogens (primary N) is 1. The lowest BCUT2D eigenvalue weighted by atomic mass is 10.3. The molecule has 0 aliphatic carbocycles. The fourth-order valence-corrected chi connectivity index (χ4v) is 2.55. The molecule has 1 heterocycles. The van der Waals surface area contributed by atoms with E-state index in [1.165, 1.54) is 12.1 Å². The van der Waals surface area contributed by atoms with E-state index in [0.717, 1.165) is 18.2 Å². The van der Waals surface area contributed by atoms with Crippen LogP contribution in [0.1, 0.15) is 0 Å². The first-order chi connectivity index (χ1) is 8.88. The third-order valence-corrected chi connectivity index (χ3v) is 3.75. The molecule has 0 atom stereocenters. The summed E-state index contributed by atoms with van der Waals surface area (Å²) in [5.41, 5.74) is 5.44. The highest BCUT2D eigenvalue weighted by Crippen LogP contribution is 2.21. The molecule has 2 aromatic rings. The summed E-state index contributed by atoms with van der Waals surface area (Å²) in [6.07, 6.45) is 0. The molecule has 1 aromatic carbocycles. The number of nitrogen functional groups attached to an aromatic ring is 1. The molecule has 0 saturated carbocycles. The zero-order valence-electron chi connectivity index (χ0n) is 9.34. The second-order valence-corrected chi connectivity index (χ2v) is 5.57. The molecule has 6 nitrogen and oxygen atoms in total. The monoisotopic (exact) mass is 302 g/mol. The predicted molar refractivity (Wildman–Crippen MR) is 68.7 cm³/mol. The van der Waals surface area contributed by atoms with Crippen LogP contribution in [0.5, 0.6) is 0 Å². The zero-order valence-corrected chi connectivity index (χ0v) is 10.9. The molecule has 0 aliphatic heterocycles. The van der Waals surface area contributed by atoms with Gasteiger partial charge in [0, 0.05) is 0 Å². The van der Waals surface area contributed by atoms with Crippen molar-refractivity contribution >= 4 is 33.1 Å². The lowest BCUT2D eigenvalue weighted by Crippen LogP contribution is -2.16. The Balaban J connectivity index is 2.37. The molecular formula is C10H8ClFN4O2S. The number of aromatic nitrogens is 2. The number of hydrogen-bond donors (Lipinski definition) is 2. The summed E-state index contributed by atoms with van der Waals surface area (Å²) in [4.78, 5) is -0.371. The highest BCUT2D eigenvalue weighted by molar-refractivity contribution is 7.92. The number of benzene rings is 1. The number of nitrogens with one attached hydrogen (secondary N) is 1. The second-order valence-electron chi connectivity index (χ2n) is 3.53. The summed E-state index contributed by atoms with van der Waals surface area (Å²) in [6.45, 7) is 0. The molecule has 100 valence electrons. The number of hydrogen-bond acceptors (Lipinski definition) is 5. The van der Waals surface area contributed by atoms with E-state index < -0.39 is 15.8 Å². The molecule has 0 saturated heterocycles. The van der Waals surface area contributed by atoms with Gasteiger partial charge >= 0.3 is 0 Å². The third kappa shape index (κ3) is 3.09. The molecule has 0 bridgehead atoms. The van der Waals surface area contributed by atoms with Crippen LogP contribution < -0.4 is 10.5 Å². The second kappa shape index (κ2) is 4.98. The van der Waals surface area contributed by atoms with Crippen LogP contribution in [-0.2, 0) is 10.0 Å². The van der Waals surface area contributed by atoms with Crippen LogP contribution in [-0.4, -0.2) is 18.6 Å². The van der Waals surface area contributed by atoms with E-state index in [0.29, 0.717) is 0 Å². The van der Waals surface area contributed by atoms with Crippen molar-refractivity contribution in [2.75, 3.05) is 10.5 Å². The van der Waals surface area contributed by atoms with Crippen molar-refractivity contribution in [3.63, 3.8) is 0 Å². The standard InChI is InChI=1S/C10H8ClFN4O2S/c11-9-3-4-10(15-14-9)16-19(17,18)8-5-6(12)1-2-7(8)13/h1-5H,13H2,(H,15,16). The van der Waals surface area contributed by atoms with Gasteiger partial charge in [0.15, 0.2) is 11.0 Å². The SMILES string of the molecule is Nc1ccc(F)cc1S(=O)(=O)Nc1ccc(Cl)nn1. The maximum Gasteiger partial charge on any atom is 0.265 e. The van der Waals surface area contributed by atoms with Crippen molar-refractivity contribution < 1.29 is 12.8 Å². The van der Waals surface area contributed by atoms with Crippen molar-refractivity contribution in [1.82, 2.24) is 10.2 Å². The Hall–Kier alpha value is -1.93. The van der Waals surface area contributed by atoms with Gasteiger partial charge in [0.1, 0.15) is 10.7 Å². The van der Waals surface area contributed by atoms with E-state index >= 15 is 0 Å².